The molecular weight excluding hydrogens is 254 g/mol. The molecule has 0 unspecified atom stereocenters. The molecule has 2 N–H and O–H groups in total. The highest BCUT2D eigenvalue weighted by Crippen LogP contribution is 2.11. The molecule has 0 aliphatic carbocycles. The topological polar surface area (TPSA) is 67.0 Å². The fraction of sp³-hybridized carbons (Fsp3) is 0.333. The third-order valence-corrected chi connectivity index (χ3v) is 3.18. The standard InChI is InChI=1S/C15H19N3O2/c1-4-11-8-13(15(19)17-10(11)2)16-9-12-6-5-7-14(18-12)20-3/h5-8,16H,4,9H2,1-3H3,(H,17,19). The van der Waals surface area contributed by atoms with E-state index in [4.69, 9.17) is 4.74 Å². The molecule has 5 nitrogen and oxygen atoms in total. The van der Waals surface area contributed by atoms with Crippen LogP contribution in [-0.2, 0) is 13.0 Å². The lowest BCUT2D eigenvalue weighted by Gasteiger charge is -2.09. The zero-order chi connectivity index (χ0) is 14.5. The van der Waals surface area contributed by atoms with Gasteiger partial charge in [0.05, 0.1) is 19.3 Å². The molecule has 5 heteroatoms. The molecule has 20 heavy (non-hydrogen) atoms. The Morgan fingerprint density at radius 2 is 2.20 bits per heavy atom. The van der Waals surface area contributed by atoms with Crippen molar-refractivity contribution < 1.29 is 4.74 Å². The summed E-state index contributed by atoms with van der Waals surface area (Å²) < 4.78 is 5.08. The van der Waals surface area contributed by atoms with Crippen LogP contribution >= 0.6 is 0 Å². The molecule has 0 atom stereocenters. The number of aromatic amines is 1. The van der Waals surface area contributed by atoms with E-state index in [9.17, 15) is 4.79 Å². The number of nitrogens with one attached hydrogen (secondary N) is 2. The minimum Gasteiger partial charge on any atom is -0.481 e. The van der Waals surface area contributed by atoms with Crippen molar-refractivity contribution in [3.8, 4) is 5.88 Å². The van der Waals surface area contributed by atoms with Crippen LogP contribution in [0, 0.1) is 6.92 Å². The predicted molar refractivity (Wildman–Crippen MR) is 79.3 cm³/mol. The zero-order valence-electron chi connectivity index (χ0n) is 12.0. The molecule has 2 aromatic heterocycles. The second-order valence-corrected chi connectivity index (χ2v) is 4.54. The largest absolute Gasteiger partial charge is 0.481 e. The summed E-state index contributed by atoms with van der Waals surface area (Å²) in [7, 11) is 1.58. The molecule has 2 aromatic rings. The van der Waals surface area contributed by atoms with Crippen molar-refractivity contribution in [2.24, 2.45) is 0 Å². The van der Waals surface area contributed by atoms with Crippen LogP contribution < -0.4 is 15.6 Å². The fourth-order valence-corrected chi connectivity index (χ4v) is 2.02. The van der Waals surface area contributed by atoms with E-state index < -0.39 is 0 Å². The molecule has 0 fully saturated rings. The van der Waals surface area contributed by atoms with Gasteiger partial charge >= 0.3 is 0 Å². The highest BCUT2D eigenvalue weighted by molar-refractivity contribution is 5.45. The second kappa shape index (κ2) is 6.23. The van der Waals surface area contributed by atoms with Gasteiger partial charge in [0.25, 0.3) is 5.56 Å². The van der Waals surface area contributed by atoms with E-state index in [2.05, 4.69) is 22.2 Å². The first-order valence-corrected chi connectivity index (χ1v) is 6.60. The number of hydrogen-bond donors (Lipinski definition) is 2. The average molecular weight is 273 g/mol. The normalized spacial score (nSPS) is 10.3. The van der Waals surface area contributed by atoms with Gasteiger partial charge in [-0.3, -0.25) is 4.79 Å². The zero-order valence-corrected chi connectivity index (χ0v) is 12.0. The van der Waals surface area contributed by atoms with Gasteiger partial charge in [0, 0.05) is 11.8 Å². The molecule has 2 heterocycles. The number of ether oxygens (including phenoxy) is 1. The predicted octanol–water partition coefficient (Wildman–Crippen LogP) is 2.26. The maximum absolute atomic E-state index is 11.9. The van der Waals surface area contributed by atoms with E-state index in [-0.39, 0.29) is 5.56 Å². The molecule has 0 aromatic carbocycles. The molecule has 0 radical (unpaired) electrons. The molecule has 0 amide bonds. The van der Waals surface area contributed by atoms with E-state index in [1.54, 1.807) is 13.2 Å². The number of anilines is 1. The van der Waals surface area contributed by atoms with Crippen molar-refractivity contribution >= 4 is 5.69 Å². The van der Waals surface area contributed by atoms with Crippen molar-refractivity contribution in [2.45, 2.75) is 26.8 Å². The Hall–Kier alpha value is -2.30. The molecule has 0 aliphatic heterocycles. The van der Waals surface area contributed by atoms with Crippen LogP contribution in [0.4, 0.5) is 5.69 Å². The second-order valence-electron chi connectivity index (χ2n) is 4.54. The molecule has 0 spiro atoms. The first-order valence-electron chi connectivity index (χ1n) is 6.60. The Morgan fingerprint density at radius 3 is 2.90 bits per heavy atom. The summed E-state index contributed by atoms with van der Waals surface area (Å²) in [6.45, 7) is 4.45. The monoisotopic (exact) mass is 273 g/mol. The first-order chi connectivity index (χ1) is 9.63. The van der Waals surface area contributed by atoms with Crippen LogP contribution in [0.15, 0.2) is 29.1 Å². The summed E-state index contributed by atoms with van der Waals surface area (Å²) in [6, 6.07) is 7.45. The van der Waals surface area contributed by atoms with Crippen molar-refractivity contribution in [3.63, 3.8) is 0 Å². The Morgan fingerprint density at radius 1 is 1.40 bits per heavy atom. The average Bonchev–Trinajstić information content (AvgIpc) is 2.46. The van der Waals surface area contributed by atoms with E-state index in [0.29, 0.717) is 18.1 Å². The summed E-state index contributed by atoms with van der Waals surface area (Å²) in [5.74, 6) is 0.566. The SMILES string of the molecule is CCc1cc(NCc2cccc(OC)n2)c(=O)[nH]c1C. The number of nitrogens with zero attached hydrogens (tertiary/aromatic N) is 1. The van der Waals surface area contributed by atoms with Gasteiger partial charge in [-0.25, -0.2) is 4.98 Å². The first kappa shape index (κ1) is 14.1. The minimum absolute atomic E-state index is 0.109. The van der Waals surface area contributed by atoms with E-state index >= 15 is 0 Å². The van der Waals surface area contributed by atoms with Crippen LogP contribution in [0.2, 0.25) is 0 Å². The van der Waals surface area contributed by atoms with E-state index in [0.717, 1.165) is 23.4 Å². The fourth-order valence-electron chi connectivity index (χ4n) is 2.02. The Balaban J connectivity index is 2.16. The van der Waals surface area contributed by atoms with Crippen LogP contribution in [0.1, 0.15) is 23.9 Å². The molecule has 0 saturated carbocycles. The summed E-state index contributed by atoms with van der Waals surface area (Å²) in [5, 5.41) is 3.12. The van der Waals surface area contributed by atoms with Gasteiger partial charge in [-0.05, 0) is 31.0 Å². The summed E-state index contributed by atoms with van der Waals surface area (Å²) in [4.78, 5) is 19.0. The maximum atomic E-state index is 11.9. The maximum Gasteiger partial charge on any atom is 0.271 e. The smallest absolute Gasteiger partial charge is 0.271 e. The number of pyridine rings is 2. The summed E-state index contributed by atoms with van der Waals surface area (Å²) >= 11 is 0. The summed E-state index contributed by atoms with van der Waals surface area (Å²) in [5.41, 5.74) is 3.33. The van der Waals surface area contributed by atoms with Gasteiger partial charge in [-0.1, -0.05) is 13.0 Å². The number of methoxy groups -OCH3 is 1. The van der Waals surface area contributed by atoms with Crippen molar-refractivity contribution in [3.05, 3.63) is 51.6 Å². The van der Waals surface area contributed by atoms with E-state index in [1.807, 2.05) is 25.1 Å². The van der Waals surface area contributed by atoms with Crippen LogP contribution in [-0.4, -0.2) is 17.1 Å². The molecule has 0 bridgehead atoms. The highest BCUT2D eigenvalue weighted by atomic mass is 16.5. The third kappa shape index (κ3) is 3.17. The van der Waals surface area contributed by atoms with Gasteiger partial charge < -0.3 is 15.0 Å². The molecule has 2 rings (SSSR count). The molecule has 106 valence electrons. The van der Waals surface area contributed by atoms with Crippen molar-refractivity contribution in [2.75, 3.05) is 12.4 Å². The molecular formula is C15H19N3O2. The van der Waals surface area contributed by atoms with Crippen LogP contribution in [0.3, 0.4) is 0 Å². The highest BCUT2D eigenvalue weighted by Gasteiger charge is 2.05. The molecule has 0 aliphatic rings. The number of hydrogen-bond acceptors (Lipinski definition) is 4. The third-order valence-electron chi connectivity index (χ3n) is 3.18. The summed E-state index contributed by atoms with van der Waals surface area (Å²) in [6.07, 6.45) is 0.884. The van der Waals surface area contributed by atoms with E-state index in [1.165, 1.54) is 0 Å². The Labute approximate surface area is 118 Å². The van der Waals surface area contributed by atoms with Gasteiger partial charge in [0.1, 0.15) is 5.69 Å². The lowest BCUT2D eigenvalue weighted by Crippen LogP contribution is -2.16. The van der Waals surface area contributed by atoms with Crippen molar-refractivity contribution in [1.82, 2.24) is 9.97 Å². The van der Waals surface area contributed by atoms with Gasteiger partial charge in [0.2, 0.25) is 5.88 Å². The van der Waals surface area contributed by atoms with Gasteiger partial charge in [0.15, 0.2) is 0 Å². The lowest BCUT2D eigenvalue weighted by molar-refractivity contribution is 0.396. The Kier molecular flexibility index (Phi) is 4.40. The van der Waals surface area contributed by atoms with Crippen molar-refractivity contribution in [1.29, 1.82) is 0 Å². The van der Waals surface area contributed by atoms with Crippen LogP contribution in [0.5, 0.6) is 5.88 Å². The number of H-pyrrole nitrogens is 1. The van der Waals surface area contributed by atoms with Gasteiger partial charge in [-0.15, -0.1) is 0 Å². The number of rotatable bonds is 5. The van der Waals surface area contributed by atoms with Crippen LogP contribution in [0.25, 0.3) is 0 Å². The lowest BCUT2D eigenvalue weighted by atomic mass is 10.1. The van der Waals surface area contributed by atoms with Gasteiger partial charge in [-0.2, -0.15) is 0 Å². The quantitative estimate of drug-likeness (QED) is 0.877. The Bertz CT molecular complexity index is 650. The molecule has 0 saturated heterocycles. The number of aromatic nitrogens is 2. The number of aryl methyl sites for hydroxylation is 2. The minimum atomic E-state index is -0.109.